The van der Waals surface area contributed by atoms with Gasteiger partial charge in [0.05, 0.1) is 11.3 Å². The standard InChI is InChI=1S/C19H20FN3O3S/c1-12(2)21-17(24)11-27-16-6-4-3-5-15(16)19(26)23-22-18(25)13-7-9-14(20)10-8-13/h3-10,12H,11H2,1-2H3,(H,21,24)(H,22,25)(H,23,26). The maximum absolute atomic E-state index is 12.9. The van der Waals surface area contributed by atoms with Crippen LogP contribution in [0.1, 0.15) is 34.6 Å². The molecule has 0 saturated carbocycles. The Hall–Kier alpha value is -2.87. The van der Waals surface area contributed by atoms with Gasteiger partial charge in [-0.25, -0.2) is 4.39 Å². The number of amides is 3. The average molecular weight is 389 g/mol. The molecule has 2 aromatic carbocycles. The van der Waals surface area contributed by atoms with E-state index in [1.54, 1.807) is 24.3 Å². The zero-order valence-corrected chi connectivity index (χ0v) is 15.7. The molecule has 6 nitrogen and oxygen atoms in total. The van der Waals surface area contributed by atoms with E-state index in [0.29, 0.717) is 10.5 Å². The largest absolute Gasteiger partial charge is 0.353 e. The quantitative estimate of drug-likeness (QED) is 0.523. The van der Waals surface area contributed by atoms with Crippen molar-refractivity contribution < 1.29 is 18.8 Å². The highest BCUT2D eigenvalue weighted by molar-refractivity contribution is 8.00. The third-order valence-corrected chi connectivity index (χ3v) is 4.41. The molecule has 0 atom stereocenters. The first kappa shape index (κ1) is 20.4. The second-order valence-corrected chi connectivity index (χ2v) is 6.94. The molecule has 0 aliphatic heterocycles. The molecule has 2 rings (SSSR count). The Morgan fingerprint density at radius 3 is 2.26 bits per heavy atom. The molecule has 142 valence electrons. The van der Waals surface area contributed by atoms with Gasteiger partial charge in [-0.05, 0) is 50.2 Å². The van der Waals surface area contributed by atoms with E-state index in [1.807, 2.05) is 13.8 Å². The first-order chi connectivity index (χ1) is 12.9. The highest BCUT2D eigenvalue weighted by atomic mass is 32.2. The minimum Gasteiger partial charge on any atom is -0.353 e. The summed E-state index contributed by atoms with van der Waals surface area (Å²) in [5.41, 5.74) is 5.16. The molecule has 0 bridgehead atoms. The van der Waals surface area contributed by atoms with Crippen molar-refractivity contribution in [3.63, 3.8) is 0 Å². The van der Waals surface area contributed by atoms with Gasteiger partial charge in [0.15, 0.2) is 0 Å². The number of carbonyl (C=O) groups is 3. The smallest absolute Gasteiger partial charge is 0.270 e. The number of halogens is 1. The molecule has 0 aliphatic carbocycles. The number of thioether (sulfide) groups is 1. The lowest BCUT2D eigenvalue weighted by atomic mass is 10.2. The van der Waals surface area contributed by atoms with Crippen LogP contribution < -0.4 is 16.2 Å². The Morgan fingerprint density at radius 1 is 0.963 bits per heavy atom. The van der Waals surface area contributed by atoms with E-state index < -0.39 is 17.6 Å². The van der Waals surface area contributed by atoms with Crippen molar-refractivity contribution in [3.8, 4) is 0 Å². The number of hydrogen-bond donors (Lipinski definition) is 3. The van der Waals surface area contributed by atoms with Crippen LogP contribution in [0.5, 0.6) is 0 Å². The van der Waals surface area contributed by atoms with Crippen molar-refractivity contribution >= 4 is 29.5 Å². The molecule has 27 heavy (non-hydrogen) atoms. The van der Waals surface area contributed by atoms with Crippen molar-refractivity contribution in [3.05, 3.63) is 65.5 Å². The molecule has 3 N–H and O–H groups in total. The summed E-state index contributed by atoms with van der Waals surface area (Å²) in [5, 5.41) is 2.78. The molecule has 0 heterocycles. The molecule has 3 amide bonds. The molecule has 0 aliphatic rings. The van der Waals surface area contributed by atoms with Gasteiger partial charge in [-0.3, -0.25) is 25.2 Å². The average Bonchev–Trinajstić information content (AvgIpc) is 2.64. The van der Waals surface area contributed by atoms with Gasteiger partial charge in [0.1, 0.15) is 5.82 Å². The van der Waals surface area contributed by atoms with Gasteiger partial charge >= 0.3 is 0 Å². The van der Waals surface area contributed by atoms with E-state index in [9.17, 15) is 18.8 Å². The monoisotopic (exact) mass is 389 g/mol. The second kappa shape index (κ2) is 9.72. The summed E-state index contributed by atoms with van der Waals surface area (Å²) >= 11 is 1.23. The van der Waals surface area contributed by atoms with Crippen molar-refractivity contribution in [1.29, 1.82) is 0 Å². The summed E-state index contributed by atoms with van der Waals surface area (Å²) < 4.78 is 12.9. The Bertz CT molecular complexity index is 825. The zero-order chi connectivity index (χ0) is 19.8. The van der Waals surface area contributed by atoms with Crippen LogP contribution in [-0.2, 0) is 4.79 Å². The van der Waals surface area contributed by atoms with Crippen LogP contribution in [0.3, 0.4) is 0 Å². The van der Waals surface area contributed by atoms with Crippen LogP contribution in [0.2, 0.25) is 0 Å². The van der Waals surface area contributed by atoms with Gasteiger partial charge in [0.25, 0.3) is 11.8 Å². The fourth-order valence-corrected chi connectivity index (χ4v) is 3.00. The Kier molecular flexibility index (Phi) is 7.36. The minimum atomic E-state index is -0.565. The van der Waals surface area contributed by atoms with E-state index in [2.05, 4.69) is 16.2 Å². The number of hydrogen-bond acceptors (Lipinski definition) is 4. The third kappa shape index (κ3) is 6.41. The second-order valence-electron chi connectivity index (χ2n) is 5.92. The minimum absolute atomic E-state index is 0.0401. The molecule has 0 radical (unpaired) electrons. The molecule has 0 spiro atoms. The lowest BCUT2D eigenvalue weighted by Gasteiger charge is -2.12. The molecule has 0 unspecified atom stereocenters. The van der Waals surface area contributed by atoms with Crippen LogP contribution >= 0.6 is 11.8 Å². The summed E-state index contributed by atoms with van der Waals surface area (Å²) in [4.78, 5) is 36.8. The lowest BCUT2D eigenvalue weighted by molar-refractivity contribution is -0.119. The van der Waals surface area contributed by atoms with Crippen LogP contribution in [0, 0.1) is 5.82 Å². The zero-order valence-electron chi connectivity index (χ0n) is 14.9. The number of carbonyl (C=O) groups excluding carboxylic acids is 3. The van der Waals surface area contributed by atoms with Crippen molar-refractivity contribution in [1.82, 2.24) is 16.2 Å². The highest BCUT2D eigenvalue weighted by Crippen LogP contribution is 2.22. The van der Waals surface area contributed by atoms with Gasteiger partial charge in [-0.1, -0.05) is 12.1 Å². The van der Waals surface area contributed by atoms with Gasteiger partial charge in [0.2, 0.25) is 5.91 Å². The number of rotatable bonds is 6. The third-order valence-electron chi connectivity index (χ3n) is 3.34. The first-order valence-electron chi connectivity index (χ1n) is 8.24. The maximum atomic E-state index is 12.9. The van der Waals surface area contributed by atoms with Crippen molar-refractivity contribution in [2.75, 3.05) is 5.75 Å². The number of hydrazine groups is 1. The predicted molar refractivity (Wildman–Crippen MR) is 102 cm³/mol. The first-order valence-corrected chi connectivity index (χ1v) is 9.23. The number of nitrogens with one attached hydrogen (secondary N) is 3. The molecule has 0 aromatic heterocycles. The van der Waals surface area contributed by atoms with Crippen LogP contribution in [-0.4, -0.2) is 29.5 Å². The maximum Gasteiger partial charge on any atom is 0.270 e. The fraction of sp³-hybridized carbons (Fsp3) is 0.211. The van der Waals surface area contributed by atoms with Gasteiger partial charge in [0, 0.05) is 16.5 Å². The summed E-state index contributed by atoms with van der Waals surface area (Å²) in [5.74, 6) is -1.50. The van der Waals surface area contributed by atoms with E-state index in [-0.39, 0.29) is 23.3 Å². The van der Waals surface area contributed by atoms with Gasteiger partial charge < -0.3 is 5.32 Å². The molecular weight excluding hydrogens is 369 g/mol. The summed E-state index contributed by atoms with van der Waals surface area (Å²) in [6.07, 6.45) is 0. The molecule has 0 fully saturated rings. The molecule has 2 aromatic rings. The van der Waals surface area contributed by atoms with E-state index in [0.717, 1.165) is 12.1 Å². The fourth-order valence-electron chi connectivity index (χ4n) is 2.14. The van der Waals surface area contributed by atoms with Crippen LogP contribution in [0.15, 0.2) is 53.4 Å². The van der Waals surface area contributed by atoms with Crippen LogP contribution in [0.4, 0.5) is 4.39 Å². The molecule has 0 saturated heterocycles. The van der Waals surface area contributed by atoms with Crippen molar-refractivity contribution in [2.45, 2.75) is 24.8 Å². The molecule has 8 heteroatoms. The SMILES string of the molecule is CC(C)NC(=O)CSc1ccccc1C(=O)NNC(=O)c1ccc(F)cc1. The predicted octanol–water partition coefficient (Wildman–Crippen LogP) is 2.52. The number of benzene rings is 2. The summed E-state index contributed by atoms with van der Waals surface area (Å²) in [6.45, 7) is 3.74. The Morgan fingerprint density at radius 2 is 1.59 bits per heavy atom. The van der Waals surface area contributed by atoms with Gasteiger partial charge in [-0.15, -0.1) is 11.8 Å². The Balaban J connectivity index is 1.96. The van der Waals surface area contributed by atoms with E-state index in [1.165, 1.54) is 23.9 Å². The van der Waals surface area contributed by atoms with Crippen molar-refractivity contribution in [2.24, 2.45) is 0 Å². The normalized spacial score (nSPS) is 10.4. The topological polar surface area (TPSA) is 87.3 Å². The van der Waals surface area contributed by atoms with Gasteiger partial charge in [-0.2, -0.15) is 0 Å². The lowest BCUT2D eigenvalue weighted by Crippen LogP contribution is -2.41. The van der Waals surface area contributed by atoms with E-state index in [4.69, 9.17) is 0 Å². The van der Waals surface area contributed by atoms with Crippen LogP contribution in [0.25, 0.3) is 0 Å². The summed E-state index contributed by atoms with van der Waals surface area (Å²) in [7, 11) is 0. The highest BCUT2D eigenvalue weighted by Gasteiger charge is 2.14. The van der Waals surface area contributed by atoms with E-state index >= 15 is 0 Å². The molecular formula is C19H20FN3O3S. The summed E-state index contributed by atoms with van der Waals surface area (Å²) in [6, 6.07) is 11.8. The Labute approximate surface area is 160 Å².